The van der Waals surface area contributed by atoms with Gasteiger partial charge in [-0.15, -0.1) is 0 Å². The third-order valence-electron chi connectivity index (χ3n) is 1.82. The molecule has 1 N–H and O–H groups in total. The highest BCUT2D eigenvalue weighted by Gasteiger charge is 2.11. The van der Waals surface area contributed by atoms with E-state index in [2.05, 4.69) is 10.2 Å². The number of carboxylic acid groups (broad SMARTS) is 1. The van der Waals surface area contributed by atoms with Crippen LogP contribution in [0.1, 0.15) is 41.5 Å². The first-order valence-corrected chi connectivity index (χ1v) is 4.10. The Kier molecular flexibility index (Phi) is 2.60. The van der Waals surface area contributed by atoms with Crippen LogP contribution in [0.2, 0.25) is 0 Å². The number of carboxylic acids is 1. The lowest BCUT2D eigenvalue weighted by Crippen LogP contribution is -2.06. The quantitative estimate of drug-likeness (QED) is 0.750. The van der Waals surface area contributed by atoms with Crippen LogP contribution in [0.3, 0.4) is 0 Å². The molecule has 1 heterocycles. The van der Waals surface area contributed by atoms with Crippen LogP contribution in [0.15, 0.2) is 6.07 Å². The Bertz CT molecular complexity index is 334. The van der Waals surface area contributed by atoms with Gasteiger partial charge in [0.05, 0.1) is 17.0 Å². The standard InChI is InChI=1S/C9H12N2O2/c1-5(2)8-4-7(9(12)13)6(3)10-11-8/h4-5H,1-3H3,(H,12,13). The molecule has 0 aromatic carbocycles. The highest BCUT2D eigenvalue weighted by atomic mass is 16.4. The number of aryl methyl sites for hydroxylation is 1. The summed E-state index contributed by atoms with van der Waals surface area (Å²) in [4.78, 5) is 10.7. The highest BCUT2D eigenvalue weighted by Crippen LogP contribution is 2.13. The molecule has 4 nitrogen and oxygen atoms in total. The third-order valence-corrected chi connectivity index (χ3v) is 1.82. The molecule has 0 aliphatic heterocycles. The van der Waals surface area contributed by atoms with Crippen LogP contribution < -0.4 is 0 Å². The predicted octanol–water partition coefficient (Wildman–Crippen LogP) is 1.61. The minimum absolute atomic E-state index is 0.200. The maximum atomic E-state index is 10.7. The fraction of sp³-hybridized carbons (Fsp3) is 0.444. The number of aromatic nitrogens is 2. The molecule has 70 valence electrons. The largest absolute Gasteiger partial charge is 0.478 e. The van der Waals surface area contributed by atoms with E-state index in [0.717, 1.165) is 0 Å². The van der Waals surface area contributed by atoms with Crippen molar-refractivity contribution < 1.29 is 9.90 Å². The Morgan fingerprint density at radius 1 is 1.46 bits per heavy atom. The average molecular weight is 180 g/mol. The summed E-state index contributed by atoms with van der Waals surface area (Å²) in [6.45, 7) is 5.54. The van der Waals surface area contributed by atoms with E-state index >= 15 is 0 Å². The molecule has 0 bridgehead atoms. The molecule has 0 radical (unpaired) electrons. The van der Waals surface area contributed by atoms with Crippen molar-refractivity contribution in [2.75, 3.05) is 0 Å². The Morgan fingerprint density at radius 3 is 2.54 bits per heavy atom. The van der Waals surface area contributed by atoms with E-state index in [1.54, 1.807) is 13.0 Å². The summed E-state index contributed by atoms with van der Waals surface area (Å²) in [5.74, 6) is -0.750. The van der Waals surface area contributed by atoms with Crippen LogP contribution in [0.5, 0.6) is 0 Å². The van der Waals surface area contributed by atoms with E-state index in [1.807, 2.05) is 13.8 Å². The number of carbonyl (C=O) groups is 1. The van der Waals surface area contributed by atoms with Crippen molar-refractivity contribution in [3.8, 4) is 0 Å². The number of nitrogens with zero attached hydrogens (tertiary/aromatic N) is 2. The van der Waals surface area contributed by atoms with Gasteiger partial charge >= 0.3 is 5.97 Å². The van der Waals surface area contributed by atoms with E-state index in [0.29, 0.717) is 11.4 Å². The fourth-order valence-electron chi connectivity index (χ4n) is 0.966. The average Bonchev–Trinajstić information content (AvgIpc) is 2.04. The van der Waals surface area contributed by atoms with E-state index in [9.17, 15) is 4.79 Å². The lowest BCUT2D eigenvalue weighted by Gasteiger charge is -2.05. The summed E-state index contributed by atoms with van der Waals surface area (Å²) in [6, 6.07) is 1.58. The van der Waals surface area contributed by atoms with Gasteiger partial charge in [-0.3, -0.25) is 0 Å². The van der Waals surface area contributed by atoms with Crippen LogP contribution in [0.4, 0.5) is 0 Å². The number of hydrogen-bond donors (Lipinski definition) is 1. The van der Waals surface area contributed by atoms with Crippen molar-refractivity contribution in [2.24, 2.45) is 0 Å². The fourth-order valence-corrected chi connectivity index (χ4v) is 0.966. The van der Waals surface area contributed by atoms with Crippen molar-refractivity contribution in [1.29, 1.82) is 0 Å². The van der Waals surface area contributed by atoms with Crippen LogP contribution in [0, 0.1) is 6.92 Å². The Balaban J connectivity index is 3.19. The molecule has 0 aliphatic carbocycles. The van der Waals surface area contributed by atoms with Crippen molar-refractivity contribution in [3.63, 3.8) is 0 Å². The van der Waals surface area contributed by atoms with Gasteiger partial charge in [-0.05, 0) is 18.9 Å². The van der Waals surface area contributed by atoms with Crippen molar-refractivity contribution in [2.45, 2.75) is 26.7 Å². The second kappa shape index (κ2) is 3.51. The Labute approximate surface area is 76.6 Å². The molecule has 1 rings (SSSR count). The SMILES string of the molecule is Cc1nnc(C(C)C)cc1C(=O)O. The molecule has 4 heteroatoms. The summed E-state index contributed by atoms with van der Waals surface area (Å²) >= 11 is 0. The number of aromatic carboxylic acids is 1. The molecule has 1 aromatic heterocycles. The molecule has 0 amide bonds. The molecule has 0 aliphatic rings. The Hall–Kier alpha value is -1.45. The van der Waals surface area contributed by atoms with Crippen LogP contribution in [-0.4, -0.2) is 21.3 Å². The number of rotatable bonds is 2. The second-order valence-electron chi connectivity index (χ2n) is 3.23. The third kappa shape index (κ3) is 2.02. The first-order valence-electron chi connectivity index (χ1n) is 4.10. The maximum absolute atomic E-state index is 10.7. The normalized spacial score (nSPS) is 10.5. The van der Waals surface area contributed by atoms with Crippen molar-refractivity contribution >= 4 is 5.97 Å². The van der Waals surface area contributed by atoms with Gasteiger partial charge in [0.25, 0.3) is 0 Å². The van der Waals surface area contributed by atoms with Gasteiger partial charge in [-0.25, -0.2) is 4.79 Å². The van der Waals surface area contributed by atoms with Gasteiger partial charge < -0.3 is 5.11 Å². The maximum Gasteiger partial charge on any atom is 0.337 e. The van der Waals surface area contributed by atoms with Gasteiger partial charge in [0.15, 0.2) is 0 Å². The monoisotopic (exact) mass is 180 g/mol. The summed E-state index contributed by atoms with van der Waals surface area (Å²) in [5.41, 5.74) is 1.40. The zero-order valence-corrected chi connectivity index (χ0v) is 7.90. The minimum atomic E-state index is -0.950. The topological polar surface area (TPSA) is 63.1 Å². The first kappa shape index (κ1) is 9.64. The summed E-state index contributed by atoms with van der Waals surface area (Å²) in [7, 11) is 0. The van der Waals surface area contributed by atoms with Crippen molar-refractivity contribution in [3.05, 3.63) is 23.0 Å². The molecule has 0 saturated carbocycles. The van der Waals surface area contributed by atoms with E-state index < -0.39 is 5.97 Å². The summed E-state index contributed by atoms with van der Waals surface area (Å²) < 4.78 is 0. The molecule has 1 aromatic rings. The van der Waals surface area contributed by atoms with Gasteiger partial charge in [0.1, 0.15) is 0 Å². The molecular formula is C9H12N2O2. The summed E-state index contributed by atoms with van der Waals surface area (Å²) in [6.07, 6.45) is 0. The van der Waals surface area contributed by atoms with Crippen LogP contribution in [0.25, 0.3) is 0 Å². The molecule has 0 atom stereocenters. The van der Waals surface area contributed by atoms with Gasteiger partial charge in [-0.2, -0.15) is 10.2 Å². The molecule has 13 heavy (non-hydrogen) atoms. The van der Waals surface area contributed by atoms with Crippen LogP contribution in [-0.2, 0) is 0 Å². The zero-order valence-electron chi connectivity index (χ0n) is 7.90. The molecule has 0 fully saturated rings. The smallest absolute Gasteiger partial charge is 0.337 e. The lowest BCUT2D eigenvalue weighted by atomic mass is 10.1. The first-order chi connectivity index (χ1) is 6.02. The van der Waals surface area contributed by atoms with E-state index in [1.165, 1.54) is 0 Å². The van der Waals surface area contributed by atoms with Gasteiger partial charge in [-0.1, -0.05) is 13.8 Å². The van der Waals surface area contributed by atoms with Gasteiger partial charge in [0.2, 0.25) is 0 Å². The molecule has 0 unspecified atom stereocenters. The summed E-state index contributed by atoms with van der Waals surface area (Å²) in [5, 5.41) is 16.5. The molecular weight excluding hydrogens is 168 g/mol. The van der Waals surface area contributed by atoms with Crippen LogP contribution >= 0.6 is 0 Å². The lowest BCUT2D eigenvalue weighted by molar-refractivity contribution is 0.0695. The predicted molar refractivity (Wildman–Crippen MR) is 47.8 cm³/mol. The highest BCUT2D eigenvalue weighted by molar-refractivity contribution is 5.88. The minimum Gasteiger partial charge on any atom is -0.478 e. The van der Waals surface area contributed by atoms with E-state index in [-0.39, 0.29) is 11.5 Å². The Morgan fingerprint density at radius 2 is 2.08 bits per heavy atom. The number of hydrogen-bond acceptors (Lipinski definition) is 3. The van der Waals surface area contributed by atoms with Crippen molar-refractivity contribution in [1.82, 2.24) is 10.2 Å². The van der Waals surface area contributed by atoms with Gasteiger partial charge in [0, 0.05) is 0 Å². The molecule has 0 spiro atoms. The molecule has 0 saturated heterocycles. The van der Waals surface area contributed by atoms with E-state index in [4.69, 9.17) is 5.11 Å². The zero-order chi connectivity index (χ0) is 10.0. The second-order valence-corrected chi connectivity index (χ2v) is 3.23.